The third-order valence-corrected chi connectivity index (χ3v) is 1.72. The largest absolute Gasteiger partial charge is 0.462 e. The van der Waals surface area contributed by atoms with Gasteiger partial charge in [0.05, 0.1) is 6.54 Å². The number of carbonyl (C=O) groups is 2. The van der Waals surface area contributed by atoms with Crippen molar-refractivity contribution < 1.29 is 23.9 Å². The molecule has 0 aromatic rings. The molecule has 17 heavy (non-hydrogen) atoms. The lowest BCUT2D eigenvalue weighted by Crippen LogP contribution is -2.12. The quantitative estimate of drug-likeness (QED) is 0.196. The topological polar surface area (TPSA) is 82.0 Å². The molecule has 0 fully saturated rings. The molecule has 0 unspecified atom stereocenters. The molecule has 6 nitrogen and oxygen atoms in total. The number of aliphatic imine (C=N–C) groups is 1. The number of esters is 2. The first-order valence-corrected chi connectivity index (χ1v) is 5.19. The first kappa shape index (κ1) is 15.1. The standard InChI is InChI=1S/C11H15NO5/c1-2-10(14)16-7-8-17-11(15)5-3-4-6-12-9-13/h2H,1,3-8H2. The third-order valence-electron chi connectivity index (χ3n) is 1.72. The highest BCUT2D eigenvalue weighted by atomic mass is 16.6. The van der Waals surface area contributed by atoms with Crippen molar-refractivity contribution in [1.29, 1.82) is 0 Å². The molecule has 0 bridgehead atoms. The maximum atomic E-state index is 11.1. The average molecular weight is 241 g/mol. The molecule has 0 aromatic heterocycles. The molecule has 0 radical (unpaired) electrons. The number of hydrogen-bond donors (Lipinski definition) is 0. The van der Waals surface area contributed by atoms with Crippen LogP contribution in [-0.4, -0.2) is 37.8 Å². The summed E-state index contributed by atoms with van der Waals surface area (Å²) in [6.45, 7) is 3.64. The first-order valence-electron chi connectivity index (χ1n) is 5.19. The van der Waals surface area contributed by atoms with Crippen molar-refractivity contribution in [3.05, 3.63) is 12.7 Å². The summed E-state index contributed by atoms with van der Waals surface area (Å²) in [5.41, 5.74) is 0. The van der Waals surface area contributed by atoms with E-state index in [0.717, 1.165) is 6.08 Å². The van der Waals surface area contributed by atoms with Gasteiger partial charge in [0, 0.05) is 12.5 Å². The van der Waals surface area contributed by atoms with Gasteiger partial charge >= 0.3 is 11.9 Å². The van der Waals surface area contributed by atoms with E-state index in [2.05, 4.69) is 16.3 Å². The van der Waals surface area contributed by atoms with E-state index in [-0.39, 0.29) is 25.6 Å². The Morgan fingerprint density at radius 3 is 2.59 bits per heavy atom. The Labute approximate surface area is 99.3 Å². The van der Waals surface area contributed by atoms with Gasteiger partial charge in [-0.15, -0.1) is 0 Å². The molecule has 0 amide bonds. The molecule has 0 aliphatic carbocycles. The number of isocyanates is 1. The molecule has 0 aromatic carbocycles. The highest BCUT2D eigenvalue weighted by molar-refractivity contribution is 5.81. The zero-order chi connectivity index (χ0) is 12.9. The molecule has 0 aliphatic rings. The van der Waals surface area contributed by atoms with Crippen LogP contribution in [0.2, 0.25) is 0 Å². The summed E-state index contributed by atoms with van der Waals surface area (Å²) in [4.78, 5) is 34.8. The number of ether oxygens (including phenoxy) is 2. The predicted octanol–water partition coefficient (Wildman–Crippen LogP) is 0.765. The Hall–Kier alpha value is -1.94. The third kappa shape index (κ3) is 10.3. The molecule has 0 spiro atoms. The molecule has 0 saturated heterocycles. The van der Waals surface area contributed by atoms with Gasteiger partial charge in [-0.05, 0) is 12.8 Å². The first-order chi connectivity index (χ1) is 8.20. The molecule has 6 heteroatoms. The van der Waals surface area contributed by atoms with E-state index in [0.29, 0.717) is 19.4 Å². The predicted molar refractivity (Wildman–Crippen MR) is 59.0 cm³/mol. The Kier molecular flexibility index (Phi) is 9.37. The number of rotatable bonds is 9. The van der Waals surface area contributed by atoms with E-state index in [1.165, 1.54) is 6.08 Å². The minimum Gasteiger partial charge on any atom is -0.462 e. The van der Waals surface area contributed by atoms with Crippen molar-refractivity contribution in [2.45, 2.75) is 19.3 Å². The van der Waals surface area contributed by atoms with Gasteiger partial charge in [0.2, 0.25) is 6.08 Å². The zero-order valence-corrected chi connectivity index (χ0v) is 9.52. The van der Waals surface area contributed by atoms with Crippen LogP contribution in [-0.2, 0) is 23.9 Å². The minimum absolute atomic E-state index is 0.0199. The average Bonchev–Trinajstić information content (AvgIpc) is 2.34. The van der Waals surface area contributed by atoms with E-state index in [1.807, 2.05) is 0 Å². The Morgan fingerprint density at radius 2 is 1.94 bits per heavy atom. The van der Waals surface area contributed by atoms with Gasteiger partial charge in [-0.25, -0.2) is 14.6 Å². The molecule has 0 rings (SSSR count). The number of nitrogens with zero attached hydrogens (tertiary/aromatic N) is 1. The van der Waals surface area contributed by atoms with Gasteiger partial charge in [-0.2, -0.15) is 0 Å². The highest BCUT2D eigenvalue weighted by Crippen LogP contribution is 1.98. The Morgan fingerprint density at radius 1 is 1.24 bits per heavy atom. The van der Waals surface area contributed by atoms with Crippen LogP contribution in [0.1, 0.15) is 19.3 Å². The van der Waals surface area contributed by atoms with Crippen molar-refractivity contribution in [3.63, 3.8) is 0 Å². The number of hydrogen-bond acceptors (Lipinski definition) is 6. The summed E-state index contributed by atoms with van der Waals surface area (Å²) >= 11 is 0. The molecular formula is C11H15NO5. The normalized spacial score (nSPS) is 8.94. The van der Waals surface area contributed by atoms with E-state index < -0.39 is 5.97 Å². The fraction of sp³-hybridized carbons (Fsp3) is 0.545. The van der Waals surface area contributed by atoms with Crippen molar-refractivity contribution >= 4 is 18.0 Å². The summed E-state index contributed by atoms with van der Waals surface area (Å²) in [5, 5.41) is 0. The molecule has 0 saturated carbocycles. The summed E-state index contributed by atoms with van der Waals surface area (Å²) < 4.78 is 9.39. The lowest BCUT2D eigenvalue weighted by Gasteiger charge is -2.04. The smallest absolute Gasteiger partial charge is 0.330 e. The van der Waals surface area contributed by atoms with E-state index in [1.54, 1.807) is 0 Å². The van der Waals surface area contributed by atoms with Gasteiger partial charge in [0.1, 0.15) is 13.2 Å². The Bertz CT molecular complexity index is 307. The second-order valence-electron chi connectivity index (χ2n) is 3.02. The fourth-order valence-electron chi connectivity index (χ4n) is 0.935. The second-order valence-corrected chi connectivity index (χ2v) is 3.02. The van der Waals surface area contributed by atoms with Crippen LogP contribution in [0.3, 0.4) is 0 Å². The fourth-order valence-corrected chi connectivity index (χ4v) is 0.935. The van der Waals surface area contributed by atoms with E-state index in [4.69, 9.17) is 4.74 Å². The van der Waals surface area contributed by atoms with Crippen LogP contribution in [0.4, 0.5) is 0 Å². The van der Waals surface area contributed by atoms with Crippen LogP contribution >= 0.6 is 0 Å². The summed E-state index contributed by atoms with van der Waals surface area (Å²) in [6, 6.07) is 0. The lowest BCUT2D eigenvalue weighted by atomic mass is 10.2. The van der Waals surface area contributed by atoms with Gasteiger partial charge in [0.15, 0.2) is 0 Å². The summed E-state index contributed by atoms with van der Waals surface area (Å²) in [7, 11) is 0. The van der Waals surface area contributed by atoms with Crippen molar-refractivity contribution in [2.24, 2.45) is 4.99 Å². The number of unbranched alkanes of at least 4 members (excludes halogenated alkanes) is 1. The van der Waals surface area contributed by atoms with Gasteiger partial charge in [-0.1, -0.05) is 6.58 Å². The van der Waals surface area contributed by atoms with Crippen molar-refractivity contribution in [3.8, 4) is 0 Å². The molecule has 94 valence electrons. The van der Waals surface area contributed by atoms with Gasteiger partial charge in [0.25, 0.3) is 0 Å². The van der Waals surface area contributed by atoms with Crippen LogP contribution in [0.15, 0.2) is 17.6 Å². The summed E-state index contributed by atoms with van der Waals surface area (Å²) in [5.74, 6) is -0.914. The number of carbonyl (C=O) groups excluding carboxylic acids is 3. The van der Waals surface area contributed by atoms with Gasteiger partial charge in [-0.3, -0.25) is 4.79 Å². The SMILES string of the molecule is C=CC(=O)OCCOC(=O)CCCCN=C=O. The lowest BCUT2D eigenvalue weighted by molar-refractivity contribution is -0.149. The molecule has 0 atom stereocenters. The summed E-state index contributed by atoms with van der Waals surface area (Å²) in [6.07, 6.45) is 3.94. The molecule has 0 aliphatic heterocycles. The van der Waals surface area contributed by atoms with Gasteiger partial charge < -0.3 is 9.47 Å². The van der Waals surface area contributed by atoms with E-state index >= 15 is 0 Å². The van der Waals surface area contributed by atoms with Crippen LogP contribution < -0.4 is 0 Å². The van der Waals surface area contributed by atoms with Crippen LogP contribution in [0, 0.1) is 0 Å². The highest BCUT2D eigenvalue weighted by Gasteiger charge is 2.03. The monoisotopic (exact) mass is 241 g/mol. The molecule has 0 N–H and O–H groups in total. The van der Waals surface area contributed by atoms with Crippen LogP contribution in [0.5, 0.6) is 0 Å². The van der Waals surface area contributed by atoms with Crippen molar-refractivity contribution in [1.82, 2.24) is 0 Å². The minimum atomic E-state index is -0.548. The van der Waals surface area contributed by atoms with Crippen molar-refractivity contribution in [2.75, 3.05) is 19.8 Å². The maximum Gasteiger partial charge on any atom is 0.330 e. The second kappa shape index (κ2) is 10.6. The molecule has 0 heterocycles. The molecular weight excluding hydrogens is 226 g/mol. The van der Waals surface area contributed by atoms with E-state index in [9.17, 15) is 14.4 Å². The zero-order valence-electron chi connectivity index (χ0n) is 9.52. The Balaban J connectivity index is 3.37. The maximum absolute atomic E-state index is 11.1. The van der Waals surface area contributed by atoms with Crippen LogP contribution in [0.25, 0.3) is 0 Å².